The monoisotopic (exact) mass is 260 g/mol. The molecule has 0 bridgehead atoms. The van der Waals surface area contributed by atoms with Gasteiger partial charge in [-0.2, -0.15) is 0 Å². The number of nitrogens with two attached hydrogens (primary N) is 1. The molecule has 2 unspecified atom stereocenters. The molecule has 104 valence electrons. The van der Waals surface area contributed by atoms with Crippen molar-refractivity contribution in [2.24, 2.45) is 17.1 Å². The highest BCUT2D eigenvalue weighted by atomic mass is 16.1. The standard InChI is InChI=1S/C16H24N2O/c1-10(16(2,3)4)7-13(17)11-5-6-14-12(8-11)9-15(19)18-14/h5-6,8,10,13H,7,9,17H2,1-4H3,(H,18,19). The lowest BCUT2D eigenvalue weighted by molar-refractivity contribution is -0.115. The highest BCUT2D eigenvalue weighted by Crippen LogP contribution is 2.33. The van der Waals surface area contributed by atoms with Crippen molar-refractivity contribution in [3.05, 3.63) is 29.3 Å². The summed E-state index contributed by atoms with van der Waals surface area (Å²) in [6, 6.07) is 6.12. The molecule has 0 saturated heterocycles. The Balaban J connectivity index is 2.11. The number of benzene rings is 1. The molecule has 3 heteroatoms. The third kappa shape index (κ3) is 3.16. The van der Waals surface area contributed by atoms with Crippen LogP contribution < -0.4 is 11.1 Å². The molecule has 1 amide bonds. The molecule has 0 saturated carbocycles. The first-order chi connectivity index (χ1) is 8.77. The van der Waals surface area contributed by atoms with E-state index in [9.17, 15) is 4.79 Å². The zero-order valence-corrected chi connectivity index (χ0v) is 12.3. The topological polar surface area (TPSA) is 55.1 Å². The molecule has 1 aliphatic rings. The van der Waals surface area contributed by atoms with Crippen molar-refractivity contribution in [1.82, 2.24) is 0 Å². The van der Waals surface area contributed by atoms with Gasteiger partial charge in [-0.1, -0.05) is 39.8 Å². The van der Waals surface area contributed by atoms with E-state index in [4.69, 9.17) is 5.73 Å². The smallest absolute Gasteiger partial charge is 0.228 e. The van der Waals surface area contributed by atoms with E-state index in [0.29, 0.717) is 12.3 Å². The van der Waals surface area contributed by atoms with Gasteiger partial charge < -0.3 is 11.1 Å². The van der Waals surface area contributed by atoms with Gasteiger partial charge in [-0.25, -0.2) is 0 Å². The molecule has 1 aromatic rings. The summed E-state index contributed by atoms with van der Waals surface area (Å²) in [6.07, 6.45) is 1.44. The van der Waals surface area contributed by atoms with Gasteiger partial charge in [-0.15, -0.1) is 0 Å². The lowest BCUT2D eigenvalue weighted by atomic mass is 9.77. The summed E-state index contributed by atoms with van der Waals surface area (Å²) in [5.41, 5.74) is 9.72. The van der Waals surface area contributed by atoms with Crippen LogP contribution in [0.4, 0.5) is 5.69 Å². The number of fused-ring (bicyclic) bond motifs is 1. The maximum Gasteiger partial charge on any atom is 0.228 e. The SMILES string of the molecule is CC(CC(N)c1ccc2c(c1)CC(=O)N2)C(C)(C)C. The number of nitrogens with one attached hydrogen (secondary N) is 1. The molecule has 3 nitrogen and oxygen atoms in total. The van der Waals surface area contributed by atoms with Crippen molar-refractivity contribution in [2.45, 2.75) is 46.6 Å². The predicted octanol–water partition coefficient (Wildman–Crippen LogP) is 3.25. The number of amides is 1. The maximum absolute atomic E-state index is 11.3. The molecule has 1 aliphatic heterocycles. The molecule has 3 N–H and O–H groups in total. The summed E-state index contributed by atoms with van der Waals surface area (Å²) in [4.78, 5) is 11.3. The largest absolute Gasteiger partial charge is 0.326 e. The molecule has 19 heavy (non-hydrogen) atoms. The second-order valence-corrected chi connectivity index (χ2v) is 6.75. The summed E-state index contributed by atoms with van der Waals surface area (Å²) in [5, 5.41) is 2.85. The Morgan fingerprint density at radius 3 is 2.68 bits per heavy atom. The molecule has 0 aliphatic carbocycles. The average Bonchev–Trinajstić information content (AvgIpc) is 2.66. The van der Waals surface area contributed by atoms with Crippen molar-refractivity contribution in [3.8, 4) is 0 Å². The Labute approximate surface area is 115 Å². The van der Waals surface area contributed by atoms with Gasteiger partial charge in [0.05, 0.1) is 6.42 Å². The third-order valence-electron chi connectivity index (χ3n) is 4.27. The first-order valence-corrected chi connectivity index (χ1v) is 6.95. The predicted molar refractivity (Wildman–Crippen MR) is 78.9 cm³/mol. The first-order valence-electron chi connectivity index (χ1n) is 6.95. The molecule has 0 aromatic heterocycles. The Morgan fingerprint density at radius 1 is 1.37 bits per heavy atom. The molecule has 0 spiro atoms. The summed E-state index contributed by atoms with van der Waals surface area (Å²) in [7, 11) is 0. The van der Waals surface area contributed by atoms with E-state index in [0.717, 1.165) is 23.2 Å². The molecular formula is C16H24N2O. The van der Waals surface area contributed by atoms with E-state index in [1.54, 1.807) is 0 Å². The van der Waals surface area contributed by atoms with E-state index >= 15 is 0 Å². The van der Waals surface area contributed by atoms with Crippen LogP contribution in [0.1, 0.15) is 51.3 Å². The van der Waals surface area contributed by atoms with Crippen molar-refractivity contribution in [2.75, 3.05) is 5.32 Å². The van der Waals surface area contributed by atoms with Crippen LogP contribution in [-0.2, 0) is 11.2 Å². The molecular weight excluding hydrogens is 236 g/mol. The number of anilines is 1. The van der Waals surface area contributed by atoms with Gasteiger partial charge in [0, 0.05) is 11.7 Å². The van der Waals surface area contributed by atoms with Gasteiger partial charge in [0.25, 0.3) is 0 Å². The van der Waals surface area contributed by atoms with Gasteiger partial charge in [0.1, 0.15) is 0 Å². The van der Waals surface area contributed by atoms with Crippen LogP contribution in [0.2, 0.25) is 0 Å². The number of carbonyl (C=O) groups is 1. The van der Waals surface area contributed by atoms with Gasteiger partial charge in [-0.3, -0.25) is 4.79 Å². The third-order valence-corrected chi connectivity index (χ3v) is 4.27. The fraction of sp³-hybridized carbons (Fsp3) is 0.562. The fourth-order valence-corrected chi connectivity index (χ4v) is 2.35. The van der Waals surface area contributed by atoms with E-state index in [2.05, 4.69) is 39.1 Å². The van der Waals surface area contributed by atoms with Gasteiger partial charge in [0.2, 0.25) is 5.91 Å². The number of hydrogen-bond donors (Lipinski definition) is 2. The fourth-order valence-electron chi connectivity index (χ4n) is 2.35. The molecule has 1 aromatic carbocycles. The Bertz CT molecular complexity index is 488. The van der Waals surface area contributed by atoms with Crippen molar-refractivity contribution < 1.29 is 4.79 Å². The summed E-state index contributed by atoms with van der Waals surface area (Å²) < 4.78 is 0. The highest BCUT2D eigenvalue weighted by molar-refractivity contribution is 5.99. The molecule has 0 radical (unpaired) electrons. The zero-order valence-electron chi connectivity index (χ0n) is 12.3. The number of carbonyl (C=O) groups excluding carboxylic acids is 1. The Hall–Kier alpha value is -1.35. The zero-order chi connectivity index (χ0) is 14.2. The molecule has 1 heterocycles. The van der Waals surface area contributed by atoms with E-state index < -0.39 is 0 Å². The minimum Gasteiger partial charge on any atom is -0.326 e. The van der Waals surface area contributed by atoms with Crippen LogP contribution >= 0.6 is 0 Å². The van der Waals surface area contributed by atoms with Crippen LogP contribution in [0, 0.1) is 11.3 Å². The van der Waals surface area contributed by atoms with E-state index in [1.807, 2.05) is 12.1 Å². The summed E-state index contributed by atoms with van der Waals surface area (Å²) >= 11 is 0. The van der Waals surface area contributed by atoms with Gasteiger partial charge in [0.15, 0.2) is 0 Å². The average molecular weight is 260 g/mol. The Morgan fingerprint density at radius 2 is 2.05 bits per heavy atom. The second kappa shape index (κ2) is 4.97. The Kier molecular flexibility index (Phi) is 3.68. The van der Waals surface area contributed by atoms with E-state index in [-0.39, 0.29) is 17.4 Å². The van der Waals surface area contributed by atoms with Crippen molar-refractivity contribution >= 4 is 11.6 Å². The highest BCUT2D eigenvalue weighted by Gasteiger charge is 2.24. The normalized spacial score (nSPS) is 17.8. The van der Waals surface area contributed by atoms with Crippen molar-refractivity contribution in [3.63, 3.8) is 0 Å². The van der Waals surface area contributed by atoms with Gasteiger partial charge >= 0.3 is 0 Å². The summed E-state index contributed by atoms with van der Waals surface area (Å²) in [6.45, 7) is 8.99. The van der Waals surface area contributed by atoms with E-state index in [1.165, 1.54) is 0 Å². The maximum atomic E-state index is 11.3. The van der Waals surface area contributed by atoms with Crippen LogP contribution in [0.25, 0.3) is 0 Å². The first kappa shape index (κ1) is 14.1. The molecule has 0 fully saturated rings. The van der Waals surface area contributed by atoms with Crippen LogP contribution in [0.15, 0.2) is 18.2 Å². The quantitative estimate of drug-likeness (QED) is 0.876. The summed E-state index contributed by atoms with van der Waals surface area (Å²) in [5.74, 6) is 0.624. The minimum absolute atomic E-state index is 0.0372. The van der Waals surface area contributed by atoms with Gasteiger partial charge in [-0.05, 0) is 34.9 Å². The van der Waals surface area contributed by atoms with Crippen molar-refractivity contribution in [1.29, 1.82) is 0 Å². The number of hydrogen-bond acceptors (Lipinski definition) is 2. The minimum atomic E-state index is 0.0372. The molecule has 2 rings (SSSR count). The second-order valence-electron chi connectivity index (χ2n) is 6.75. The molecule has 2 atom stereocenters. The van der Waals surface area contributed by atoms with Crippen LogP contribution in [-0.4, -0.2) is 5.91 Å². The lowest BCUT2D eigenvalue weighted by Gasteiger charge is -2.29. The van der Waals surface area contributed by atoms with Crippen LogP contribution in [0.3, 0.4) is 0 Å². The number of rotatable bonds is 3. The lowest BCUT2D eigenvalue weighted by Crippen LogP contribution is -2.23. The van der Waals surface area contributed by atoms with Crippen LogP contribution in [0.5, 0.6) is 0 Å².